The molecule has 1 aromatic rings. The van der Waals surface area contributed by atoms with E-state index in [1.54, 1.807) is 0 Å². The summed E-state index contributed by atoms with van der Waals surface area (Å²) < 4.78 is 0. The van der Waals surface area contributed by atoms with Crippen molar-refractivity contribution >= 4 is 6.08 Å². The zero-order chi connectivity index (χ0) is 9.36. The summed E-state index contributed by atoms with van der Waals surface area (Å²) in [5.74, 6) is 0. The summed E-state index contributed by atoms with van der Waals surface area (Å²) in [5.41, 5.74) is 1.24. The van der Waals surface area contributed by atoms with Crippen LogP contribution in [0, 0.1) is 6.92 Å². The van der Waals surface area contributed by atoms with Crippen LogP contribution in [0.5, 0.6) is 0 Å². The highest BCUT2D eigenvalue weighted by Gasteiger charge is 1.79. The van der Waals surface area contributed by atoms with E-state index in [4.69, 9.17) is 0 Å². The van der Waals surface area contributed by atoms with Crippen molar-refractivity contribution in [3.05, 3.63) is 61.0 Å². The highest BCUT2D eigenvalue weighted by molar-refractivity contribution is 5.50. The Hall–Kier alpha value is -1.30. The molecule has 1 rings (SSSR count). The second kappa shape index (κ2) is 6.24. The molecule has 0 N–H and O–H groups in total. The van der Waals surface area contributed by atoms with Gasteiger partial charge in [0.15, 0.2) is 0 Å². The molecule has 1 radical (unpaired) electrons. The van der Waals surface area contributed by atoms with Crippen LogP contribution >= 0.6 is 0 Å². The van der Waals surface area contributed by atoms with Gasteiger partial charge in [-0.3, -0.25) is 0 Å². The lowest BCUT2D eigenvalue weighted by molar-refractivity contribution is 1.05. The Labute approximate surface area is 80.6 Å². The average Bonchev–Trinajstić information content (AvgIpc) is 2.19. The normalized spacial score (nSPS) is 11.5. The lowest BCUT2D eigenvalue weighted by Gasteiger charge is -1.88. The monoisotopic (exact) mass is 171 g/mol. The third kappa shape index (κ3) is 4.32. The SMILES string of the molecule is [CH2]CCC=C/C=C/c1ccccc1. The smallest absolute Gasteiger partial charge is 0.0257 e. The minimum Gasteiger partial charge on any atom is -0.0845 e. The summed E-state index contributed by atoms with van der Waals surface area (Å²) >= 11 is 0. The Balaban J connectivity index is 2.41. The van der Waals surface area contributed by atoms with E-state index in [1.807, 2.05) is 18.2 Å². The Morgan fingerprint density at radius 3 is 2.54 bits per heavy atom. The van der Waals surface area contributed by atoms with Crippen molar-refractivity contribution in [1.29, 1.82) is 0 Å². The van der Waals surface area contributed by atoms with E-state index in [0.717, 1.165) is 12.8 Å². The van der Waals surface area contributed by atoms with E-state index < -0.39 is 0 Å². The van der Waals surface area contributed by atoms with Gasteiger partial charge in [0.1, 0.15) is 0 Å². The second-order valence-electron chi connectivity index (χ2n) is 2.84. The maximum absolute atomic E-state index is 3.77. The van der Waals surface area contributed by atoms with Crippen molar-refractivity contribution in [3.63, 3.8) is 0 Å². The molecule has 0 bridgehead atoms. The first kappa shape index (κ1) is 9.79. The number of hydrogen-bond acceptors (Lipinski definition) is 0. The van der Waals surface area contributed by atoms with Gasteiger partial charge in [0.2, 0.25) is 0 Å². The van der Waals surface area contributed by atoms with Gasteiger partial charge in [0, 0.05) is 0 Å². The number of rotatable bonds is 4. The van der Waals surface area contributed by atoms with E-state index in [9.17, 15) is 0 Å². The van der Waals surface area contributed by atoms with E-state index in [2.05, 4.69) is 43.4 Å². The topological polar surface area (TPSA) is 0 Å². The predicted molar refractivity (Wildman–Crippen MR) is 59.2 cm³/mol. The van der Waals surface area contributed by atoms with Crippen molar-refractivity contribution < 1.29 is 0 Å². The molecule has 0 saturated carbocycles. The third-order valence-electron chi connectivity index (χ3n) is 1.71. The average molecular weight is 171 g/mol. The van der Waals surface area contributed by atoms with Crippen LogP contribution in [0.3, 0.4) is 0 Å². The van der Waals surface area contributed by atoms with Gasteiger partial charge in [-0.1, -0.05) is 61.6 Å². The molecule has 0 heterocycles. The van der Waals surface area contributed by atoms with Crippen LogP contribution < -0.4 is 0 Å². The van der Waals surface area contributed by atoms with Crippen LogP contribution in [0.15, 0.2) is 48.6 Å². The van der Waals surface area contributed by atoms with Gasteiger partial charge >= 0.3 is 0 Å². The van der Waals surface area contributed by atoms with Crippen molar-refractivity contribution in [1.82, 2.24) is 0 Å². The molecular weight excluding hydrogens is 156 g/mol. The lowest BCUT2D eigenvalue weighted by atomic mass is 10.2. The van der Waals surface area contributed by atoms with E-state index in [-0.39, 0.29) is 0 Å². The van der Waals surface area contributed by atoms with Crippen molar-refractivity contribution in [2.24, 2.45) is 0 Å². The Kier molecular flexibility index (Phi) is 4.70. The first-order chi connectivity index (χ1) is 6.43. The second-order valence-corrected chi connectivity index (χ2v) is 2.84. The van der Waals surface area contributed by atoms with Gasteiger partial charge < -0.3 is 0 Å². The van der Waals surface area contributed by atoms with Crippen LogP contribution in [0.25, 0.3) is 6.08 Å². The predicted octanol–water partition coefficient (Wildman–Crippen LogP) is 3.87. The van der Waals surface area contributed by atoms with E-state index in [1.165, 1.54) is 5.56 Å². The molecule has 0 aliphatic rings. The van der Waals surface area contributed by atoms with Gasteiger partial charge in [-0.05, 0) is 18.4 Å². The number of benzene rings is 1. The lowest BCUT2D eigenvalue weighted by Crippen LogP contribution is -1.66. The number of hydrogen-bond donors (Lipinski definition) is 0. The maximum Gasteiger partial charge on any atom is -0.0257 e. The standard InChI is InChI=1S/C13H15/c1-2-3-4-5-7-10-13-11-8-6-9-12-13/h4-12H,1-3H2/b5-4?,10-7+. The summed E-state index contributed by atoms with van der Waals surface area (Å²) in [6, 6.07) is 10.3. The number of allylic oxidation sites excluding steroid dienone is 3. The largest absolute Gasteiger partial charge is 0.0845 e. The molecule has 1 aromatic carbocycles. The van der Waals surface area contributed by atoms with E-state index >= 15 is 0 Å². The minimum atomic E-state index is 0.968. The minimum absolute atomic E-state index is 0.968. The zero-order valence-corrected chi connectivity index (χ0v) is 7.82. The molecule has 0 unspecified atom stereocenters. The summed E-state index contributed by atoms with van der Waals surface area (Å²) in [5, 5.41) is 0. The first-order valence-corrected chi connectivity index (χ1v) is 4.61. The third-order valence-corrected chi connectivity index (χ3v) is 1.71. The van der Waals surface area contributed by atoms with Crippen molar-refractivity contribution in [2.75, 3.05) is 0 Å². The van der Waals surface area contributed by atoms with Crippen LogP contribution in [-0.2, 0) is 0 Å². The first-order valence-electron chi connectivity index (χ1n) is 4.61. The fraction of sp³-hybridized carbons (Fsp3) is 0.154. The van der Waals surface area contributed by atoms with Gasteiger partial charge in [-0.25, -0.2) is 0 Å². The number of unbranched alkanes of at least 4 members (excludes halogenated alkanes) is 1. The molecule has 0 aromatic heterocycles. The molecule has 0 atom stereocenters. The molecule has 0 fully saturated rings. The maximum atomic E-state index is 3.77. The van der Waals surface area contributed by atoms with Gasteiger partial charge in [0.25, 0.3) is 0 Å². The molecule has 0 saturated heterocycles. The summed E-state index contributed by atoms with van der Waals surface area (Å²) in [6.45, 7) is 3.77. The summed E-state index contributed by atoms with van der Waals surface area (Å²) in [6.07, 6.45) is 10.4. The Bertz CT molecular complexity index is 267. The molecule has 0 aliphatic carbocycles. The molecule has 0 aliphatic heterocycles. The van der Waals surface area contributed by atoms with Crippen LogP contribution in [0.1, 0.15) is 18.4 Å². The van der Waals surface area contributed by atoms with Gasteiger partial charge in [-0.15, -0.1) is 0 Å². The molecular formula is C13H15. The molecule has 0 heteroatoms. The molecule has 13 heavy (non-hydrogen) atoms. The van der Waals surface area contributed by atoms with Crippen LogP contribution in [-0.4, -0.2) is 0 Å². The van der Waals surface area contributed by atoms with Gasteiger partial charge in [-0.2, -0.15) is 0 Å². The fourth-order valence-electron chi connectivity index (χ4n) is 1.02. The molecule has 0 nitrogen and oxygen atoms in total. The quantitative estimate of drug-likeness (QED) is 0.603. The van der Waals surface area contributed by atoms with Crippen LogP contribution in [0.4, 0.5) is 0 Å². The van der Waals surface area contributed by atoms with Crippen molar-refractivity contribution in [2.45, 2.75) is 12.8 Å². The van der Waals surface area contributed by atoms with Crippen molar-refractivity contribution in [3.8, 4) is 0 Å². The Morgan fingerprint density at radius 1 is 1.08 bits per heavy atom. The fourth-order valence-corrected chi connectivity index (χ4v) is 1.02. The zero-order valence-electron chi connectivity index (χ0n) is 7.82. The summed E-state index contributed by atoms with van der Waals surface area (Å²) in [7, 11) is 0. The molecule has 0 amide bonds. The molecule has 0 spiro atoms. The summed E-state index contributed by atoms with van der Waals surface area (Å²) in [4.78, 5) is 0. The van der Waals surface area contributed by atoms with Gasteiger partial charge in [0.05, 0.1) is 0 Å². The molecule has 67 valence electrons. The van der Waals surface area contributed by atoms with Crippen LogP contribution in [0.2, 0.25) is 0 Å². The highest BCUT2D eigenvalue weighted by atomic mass is 13.8. The highest BCUT2D eigenvalue weighted by Crippen LogP contribution is 2.01. The Morgan fingerprint density at radius 2 is 1.85 bits per heavy atom. The van der Waals surface area contributed by atoms with E-state index in [0.29, 0.717) is 0 Å².